The Labute approximate surface area is 142 Å². The molecular weight excluding hydrogens is 453 g/mol. The molecule has 0 radical (unpaired) electrons. The van der Waals surface area contributed by atoms with Crippen molar-refractivity contribution >= 4 is 0 Å². The van der Waals surface area contributed by atoms with Crippen LogP contribution in [-0.2, 0) is 11.8 Å². The topological polar surface area (TPSA) is 471 Å². The van der Waals surface area contributed by atoms with Gasteiger partial charge >= 0.3 is 96.3 Å². The summed E-state index contributed by atoms with van der Waals surface area (Å²) in [5.74, 6) is 0. The van der Waals surface area contributed by atoms with E-state index in [0.29, 0.717) is 0 Å². The minimum atomic E-state index is -10.3. The van der Waals surface area contributed by atoms with Gasteiger partial charge in [0.05, 0.1) is 5.09 Å². The minimum absolute atomic E-state index is 0. The van der Waals surface area contributed by atoms with E-state index in [0.717, 1.165) is 0 Å². The number of quaternary nitrogens is 4. The Morgan fingerprint density at radius 3 is 0.444 bits per heavy atom. The van der Waals surface area contributed by atoms with E-state index in [1.807, 2.05) is 0 Å². The van der Waals surface area contributed by atoms with E-state index in [1.54, 1.807) is 0 Å². The largest absolute Gasteiger partial charge is 0.369 e. The smallest absolute Gasteiger partial charge is 0.0689 e. The van der Waals surface area contributed by atoms with Crippen molar-refractivity contribution in [3.8, 4) is 0 Å². The SMILES string of the molecule is O=[N+]([O-])[Co-3]([N+](=O)[O-])([N+](=O)[O-])([N+](=O)[O-])([N+](=O)[O-])[N+](=O)[O-].O=[N+]([O-])[O-].[NH4+].[NH4+].[NH4+].[NH4+]. The van der Waals surface area contributed by atoms with Crippen molar-refractivity contribution in [2.75, 3.05) is 0 Å². The van der Waals surface area contributed by atoms with E-state index in [9.17, 15) is 60.7 Å². The zero-order valence-electron chi connectivity index (χ0n) is 13.6. The third kappa shape index (κ3) is 2.79. The monoisotopic (exact) mass is 469 g/mol. The van der Waals surface area contributed by atoms with Crippen molar-refractivity contribution in [3.05, 3.63) is 76.0 Å². The normalized spacial score (nSPS) is 11.1. The van der Waals surface area contributed by atoms with Crippen molar-refractivity contribution in [2.45, 2.75) is 0 Å². The average molecular weight is 469 g/mol. The summed E-state index contributed by atoms with van der Waals surface area (Å²) in [7, 11) is 0. The number of hydrogen-bond donors (Lipinski definition) is 4. The molecule has 0 saturated heterocycles. The maximum Gasteiger partial charge on any atom is 0.0689 e. The molecule has 0 rings (SSSR count). The van der Waals surface area contributed by atoms with Gasteiger partial charge < -0.3 is 39.9 Å². The Hall–Kier alpha value is -4.05. The Balaban J connectivity index is -0.000000125. The molecule has 0 aromatic rings. The Morgan fingerprint density at radius 2 is 0.444 bits per heavy atom. The Bertz CT molecular complexity index is 513. The van der Waals surface area contributed by atoms with Gasteiger partial charge in [0.1, 0.15) is 0 Å². The van der Waals surface area contributed by atoms with E-state index in [-0.39, 0.29) is 24.6 Å². The fraction of sp³-hybridized carbons (Fsp3) is 0. The molecule has 0 aromatic carbocycles. The van der Waals surface area contributed by atoms with Gasteiger partial charge in [0.2, 0.25) is 0 Å². The second-order valence-electron chi connectivity index (χ2n) is 2.40. The van der Waals surface area contributed by atoms with E-state index < -0.39 is 40.7 Å². The van der Waals surface area contributed by atoms with Crippen molar-refractivity contribution in [1.82, 2.24) is 24.6 Å². The quantitative estimate of drug-likeness (QED) is 0.284. The Kier molecular flexibility index (Phi) is 13.4. The summed E-state index contributed by atoms with van der Waals surface area (Å²) in [6.07, 6.45) is 0. The van der Waals surface area contributed by atoms with Crippen LogP contribution in [0.15, 0.2) is 0 Å². The van der Waals surface area contributed by atoms with Crippen LogP contribution < -0.4 is 24.6 Å². The van der Waals surface area contributed by atoms with Crippen LogP contribution >= 0.6 is 0 Å². The fourth-order valence-electron chi connectivity index (χ4n) is 0.667. The standard InChI is InChI=1S/Co.NO3.6NO2.4H3N/c;2-1(3)4;6*2-1-3;;;;/h;;;;;;;;4*1H3/q-3;-1;;;;;;;;;;/p+4. The Morgan fingerprint density at radius 1 is 0.370 bits per heavy atom. The molecule has 0 spiro atoms. The van der Waals surface area contributed by atoms with Crippen LogP contribution in [-0.4, -0.2) is 28.9 Å². The first-order valence-electron chi connectivity index (χ1n) is 3.63. The molecule has 0 aliphatic rings. The summed E-state index contributed by atoms with van der Waals surface area (Å²) in [6, 6.07) is 0. The van der Waals surface area contributed by atoms with Gasteiger partial charge in [-0.2, -0.15) is 0 Å². The second kappa shape index (κ2) is 9.43. The van der Waals surface area contributed by atoms with Gasteiger partial charge in [-0.15, -0.1) is 0 Å². The zero-order chi connectivity index (χ0) is 19.4. The van der Waals surface area contributed by atoms with Gasteiger partial charge in [-0.3, -0.25) is 0 Å². The van der Waals surface area contributed by atoms with E-state index >= 15 is 0 Å². The zero-order valence-corrected chi connectivity index (χ0v) is 14.6. The molecule has 16 N–H and O–H groups in total. The maximum atomic E-state index is 10.5. The first-order valence-corrected chi connectivity index (χ1v) is 6.43. The van der Waals surface area contributed by atoms with E-state index in [1.165, 1.54) is 0 Å². The van der Waals surface area contributed by atoms with Crippen molar-refractivity contribution in [1.29, 1.82) is 0 Å². The van der Waals surface area contributed by atoms with Gasteiger partial charge in [0, 0.05) is 0 Å². The summed E-state index contributed by atoms with van der Waals surface area (Å²) >= 11 is -10.3. The minimum Gasteiger partial charge on any atom is -0.369 e. The molecule has 0 bridgehead atoms. The third-order valence-electron chi connectivity index (χ3n) is 1.63. The third-order valence-corrected chi connectivity index (χ3v) is 6.73. The summed E-state index contributed by atoms with van der Waals surface area (Å²) in [5, 5.41) is 77.9. The van der Waals surface area contributed by atoms with E-state index in [4.69, 9.17) is 15.3 Å². The van der Waals surface area contributed by atoms with Crippen molar-refractivity contribution in [2.24, 2.45) is 0 Å². The van der Waals surface area contributed by atoms with Crippen LogP contribution in [0.2, 0.25) is 0 Å². The van der Waals surface area contributed by atoms with Gasteiger partial charge in [-0.1, -0.05) is 0 Å². The van der Waals surface area contributed by atoms with Gasteiger partial charge in [-0.25, -0.2) is 0 Å². The molecule has 0 fully saturated rings. The average Bonchev–Trinajstić information content (AvgIpc) is 2.26. The van der Waals surface area contributed by atoms with Crippen LogP contribution in [0, 0.1) is 76.0 Å². The molecule has 170 valence electrons. The summed E-state index contributed by atoms with van der Waals surface area (Å²) in [6.45, 7) is 0. The number of rotatable bonds is 6. The van der Waals surface area contributed by atoms with E-state index in [2.05, 4.69) is 0 Å². The molecule has 0 amide bonds. The van der Waals surface area contributed by atoms with Crippen LogP contribution in [0.5, 0.6) is 0 Å². The summed E-state index contributed by atoms with van der Waals surface area (Å²) in [4.78, 5) is 71.4. The fourth-order valence-corrected chi connectivity index (χ4v) is 2.75. The van der Waals surface area contributed by atoms with Gasteiger partial charge in [0.25, 0.3) is 0 Å². The first-order chi connectivity index (χ1) is 10.1. The van der Waals surface area contributed by atoms with Gasteiger partial charge in [0.15, 0.2) is 0 Å². The number of hydrogen-bond acceptors (Lipinski definition) is 15. The predicted molar refractivity (Wildman–Crippen MR) is 76.3 cm³/mol. The van der Waals surface area contributed by atoms with Crippen LogP contribution in [0.1, 0.15) is 0 Å². The second-order valence-corrected chi connectivity index (χ2v) is 7.81. The molecule has 27 heteroatoms. The van der Waals surface area contributed by atoms with Crippen LogP contribution in [0.25, 0.3) is 0 Å². The molecule has 0 aliphatic carbocycles. The molecule has 0 saturated carbocycles. The molecular formula is H16CoN11O15. The molecule has 27 heavy (non-hydrogen) atoms. The van der Waals surface area contributed by atoms with Gasteiger partial charge in [-0.05, 0) is 0 Å². The van der Waals surface area contributed by atoms with Crippen molar-refractivity contribution in [3.63, 3.8) is 0 Å². The molecule has 0 aliphatic heterocycles. The summed E-state index contributed by atoms with van der Waals surface area (Å²) < 4.78 is -19.6. The predicted octanol–water partition coefficient (Wildman–Crippen LogP) is -0.372. The molecule has 26 nitrogen and oxygen atoms in total. The summed E-state index contributed by atoms with van der Waals surface area (Å²) in [5.41, 5.74) is 0. The van der Waals surface area contributed by atoms with Crippen molar-refractivity contribution < 1.29 is 40.7 Å². The molecule has 0 unspecified atom stereocenters. The number of nitrogens with zero attached hydrogens (tertiary/aromatic N) is 7. The molecule has 0 heterocycles. The first kappa shape index (κ1) is 38.5. The molecule has 0 aromatic heterocycles. The van der Waals surface area contributed by atoms with Crippen LogP contribution in [0.3, 0.4) is 0 Å². The maximum absolute atomic E-state index is 10.5. The molecule has 0 atom stereocenters. The van der Waals surface area contributed by atoms with Crippen LogP contribution in [0.4, 0.5) is 0 Å². The number of nitro groups is 6.